The first kappa shape index (κ1) is 20.9. The first-order valence-corrected chi connectivity index (χ1v) is 10.1. The summed E-state index contributed by atoms with van der Waals surface area (Å²) < 4.78 is 0. The highest BCUT2D eigenvalue weighted by molar-refractivity contribution is 5.94. The zero-order chi connectivity index (χ0) is 20.8. The van der Waals surface area contributed by atoms with Gasteiger partial charge in [-0.15, -0.1) is 0 Å². The van der Waals surface area contributed by atoms with Crippen molar-refractivity contribution >= 4 is 17.5 Å². The van der Waals surface area contributed by atoms with Crippen molar-refractivity contribution in [2.45, 2.75) is 39.3 Å². The number of piperidine rings is 1. The standard InChI is InChI=1S/C23H29N3O3/c1-16-7-9-18(10-8-16)15-24-22(28)17(2)26-13-11-19(12-14-26)23(29)25-20-5-3-4-6-21(20)27/h3-10,17,19,27H,11-15H2,1-2H3,(H,24,28)(H,25,29)/t17-/m0/s1. The lowest BCUT2D eigenvalue weighted by atomic mass is 9.94. The number of aromatic hydroxyl groups is 1. The number of hydrogen-bond donors (Lipinski definition) is 3. The number of likely N-dealkylation sites (tertiary alicyclic amines) is 1. The minimum absolute atomic E-state index is 0.00249. The van der Waals surface area contributed by atoms with E-state index in [1.54, 1.807) is 24.3 Å². The summed E-state index contributed by atoms with van der Waals surface area (Å²) in [5.41, 5.74) is 2.71. The molecule has 2 amide bonds. The van der Waals surface area contributed by atoms with E-state index in [1.165, 1.54) is 5.56 Å². The maximum Gasteiger partial charge on any atom is 0.237 e. The summed E-state index contributed by atoms with van der Waals surface area (Å²) in [5.74, 6) is -0.129. The Bertz CT molecular complexity index is 843. The van der Waals surface area contributed by atoms with Crippen LogP contribution in [-0.2, 0) is 16.1 Å². The molecule has 3 rings (SSSR count). The van der Waals surface area contributed by atoms with Gasteiger partial charge in [-0.1, -0.05) is 42.0 Å². The highest BCUT2D eigenvalue weighted by Crippen LogP contribution is 2.25. The van der Waals surface area contributed by atoms with Crippen molar-refractivity contribution < 1.29 is 14.7 Å². The van der Waals surface area contributed by atoms with E-state index < -0.39 is 0 Å². The molecular weight excluding hydrogens is 366 g/mol. The number of amides is 2. The third-order valence-corrected chi connectivity index (χ3v) is 5.58. The summed E-state index contributed by atoms with van der Waals surface area (Å²) in [4.78, 5) is 27.1. The van der Waals surface area contributed by atoms with E-state index in [1.807, 2.05) is 38.1 Å². The molecule has 0 aromatic heterocycles. The van der Waals surface area contributed by atoms with Gasteiger partial charge in [0.2, 0.25) is 11.8 Å². The molecule has 0 radical (unpaired) electrons. The maximum absolute atomic E-state index is 12.5. The molecule has 1 fully saturated rings. The molecule has 1 heterocycles. The second kappa shape index (κ2) is 9.56. The molecule has 29 heavy (non-hydrogen) atoms. The van der Waals surface area contributed by atoms with Crippen LogP contribution in [0.1, 0.15) is 30.9 Å². The quantitative estimate of drug-likeness (QED) is 0.657. The van der Waals surface area contributed by atoms with Crippen LogP contribution in [0, 0.1) is 12.8 Å². The fourth-order valence-electron chi connectivity index (χ4n) is 3.57. The molecule has 6 nitrogen and oxygen atoms in total. The Balaban J connectivity index is 1.45. The molecule has 154 valence electrons. The lowest BCUT2D eigenvalue weighted by molar-refractivity contribution is -0.127. The van der Waals surface area contributed by atoms with E-state index in [-0.39, 0.29) is 29.5 Å². The smallest absolute Gasteiger partial charge is 0.237 e. The van der Waals surface area contributed by atoms with Crippen LogP contribution in [0.4, 0.5) is 5.69 Å². The highest BCUT2D eigenvalue weighted by Gasteiger charge is 2.29. The van der Waals surface area contributed by atoms with E-state index in [0.717, 1.165) is 5.56 Å². The third kappa shape index (κ3) is 5.57. The molecule has 0 unspecified atom stereocenters. The molecule has 0 spiro atoms. The maximum atomic E-state index is 12.5. The normalized spacial score (nSPS) is 16.2. The zero-order valence-electron chi connectivity index (χ0n) is 17.0. The Labute approximate surface area is 171 Å². The number of anilines is 1. The summed E-state index contributed by atoms with van der Waals surface area (Å²) in [6.07, 6.45) is 1.38. The van der Waals surface area contributed by atoms with Gasteiger partial charge in [0.05, 0.1) is 11.7 Å². The summed E-state index contributed by atoms with van der Waals surface area (Å²) >= 11 is 0. The molecule has 0 aliphatic carbocycles. The van der Waals surface area contributed by atoms with Gasteiger partial charge in [0, 0.05) is 12.5 Å². The number of phenolic OH excluding ortho intramolecular Hbond substituents is 1. The van der Waals surface area contributed by atoms with Gasteiger partial charge >= 0.3 is 0 Å². The van der Waals surface area contributed by atoms with Gasteiger partial charge < -0.3 is 15.7 Å². The number of phenols is 1. The van der Waals surface area contributed by atoms with Gasteiger partial charge in [0.1, 0.15) is 5.75 Å². The summed E-state index contributed by atoms with van der Waals surface area (Å²) in [5, 5.41) is 15.6. The number of carbonyl (C=O) groups excluding carboxylic acids is 2. The Kier molecular flexibility index (Phi) is 6.88. The third-order valence-electron chi connectivity index (χ3n) is 5.58. The van der Waals surface area contributed by atoms with Crippen molar-refractivity contribution in [1.82, 2.24) is 10.2 Å². The van der Waals surface area contributed by atoms with Crippen molar-refractivity contribution in [2.75, 3.05) is 18.4 Å². The topological polar surface area (TPSA) is 81.7 Å². The van der Waals surface area contributed by atoms with Crippen LogP contribution in [0.3, 0.4) is 0 Å². The molecule has 0 saturated carbocycles. The van der Waals surface area contributed by atoms with E-state index >= 15 is 0 Å². The van der Waals surface area contributed by atoms with Crippen molar-refractivity contribution in [1.29, 1.82) is 0 Å². The van der Waals surface area contributed by atoms with Gasteiger partial charge in [-0.05, 0) is 57.5 Å². The number of nitrogens with zero attached hydrogens (tertiary/aromatic N) is 1. The number of para-hydroxylation sites is 2. The number of aryl methyl sites for hydroxylation is 1. The first-order valence-electron chi connectivity index (χ1n) is 10.1. The van der Waals surface area contributed by atoms with E-state index in [4.69, 9.17) is 0 Å². The van der Waals surface area contributed by atoms with Crippen LogP contribution in [0.2, 0.25) is 0 Å². The molecule has 1 aliphatic heterocycles. The molecule has 0 bridgehead atoms. The average molecular weight is 396 g/mol. The van der Waals surface area contributed by atoms with Crippen molar-refractivity contribution in [3.63, 3.8) is 0 Å². The van der Waals surface area contributed by atoms with E-state index in [2.05, 4.69) is 15.5 Å². The molecule has 1 aliphatic rings. The van der Waals surface area contributed by atoms with Crippen molar-refractivity contribution in [3.05, 3.63) is 59.7 Å². The largest absolute Gasteiger partial charge is 0.506 e. The Hall–Kier alpha value is -2.86. The number of rotatable bonds is 6. The van der Waals surface area contributed by atoms with Gasteiger partial charge in [0.25, 0.3) is 0 Å². The summed E-state index contributed by atoms with van der Waals surface area (Å²) in [6, 6.07) is 14.6. The fraction of sp³-hybridized carbons (Fsp3) is 0.391. The molecular formula is C23H29N3O3. The second-order valence-corrected chi connectivity index (χ2v) is 7.70. The fourth-order valence-corrected chi connectivity index (χ4v) is 3.57. The highest BCUT2D eigenvalue weighted by atomic mass is 16.3. The van der Waals surface area contributed by atoms with Crippen LogP contribution in [0.25, 0.3) is 0 Å². The van der Waals surface area contributed by atoms with Gasteiger partial charge in [-0.3, -0.25) is 14.5 Å². The van der Waals surface area contributed by atoms with Crippen LogP contribution < -0.4 is 10.6 Å². The predicted molar refractivity (Wildman–Crippen MR) is 114 cm³/mol. The summed E-state index contributed by atoms with van der Waals surface area (Å²) in [7, 11) is 0. The number of nitrogens with one attached hydrogen (secondary N) is 2. The lowest BCUT2D eigenvalue weighted by Crippen LogP contribution is -2.49. The predicted octanol–water partition coefficient (Wildman–Crippen LogP) is 3.06. The minimum Gasteiger partial charge on any atom is -0.506 e. The molecule has 2 aromatic rings. The Morgan fingerprint density at radius 3 is 2.41 bits per heavy atom. The molecule has 2 aromatic carbocycles. The average Bonchev–Trinajstić information content (AvgIpc) is 2.74. The first-order chi connectivity index (χ1) is 13.9. The zero-order valence-corrected chi connectivity index (χ0v) is 17.0. The molecule has 1 atom stereocenters. The van der Waals surface area contributed by atoms with E-state index in [0.29, 0.717) is 38.2 Å². The van der Waals surface area contributed by atoms with Crippen molar-refractivity contribution in [2.24, 2.45) is 5.92 Å². The van der Waals surface area contributed by atoms with Crippen LogP contribution >= 0.6 is 0 Å². The van der Waals surface area contributed by atoms with Crippen LogP contribution in [0.15, 0.2) is 48.5 Å². The molecule has 1 saturated heterocycles. The number of benzene rings is 2. The second-order valence-electron chi connectivity index (χ2n) is 7.70. The van der Waals surface area contributed by atoms with E-state index in [9.17, 15) is 14.7 Å². The Morgan fingerprint density at radius 1 is 1.10 bits per heavy atom. The van der Waals surface area contributed by atoms with Crippen molar-refractivity contribution in [3.8, 4) is 5.75 Å². The van der Waals surface area contributed by atoms with Gasteiger partial charge in [0.15, 0.2) is 0 Å². The number of carbonyl (C=O) groups is 2. The summed E-state index contributed by atoms with van der Waals surface area (Å²) in [6.45, 7) is 5.85. The van der Waals surface area contributed by atoms with Crippen LogP contribution in [0.5, 0.6) is 5.75 Å². The minimum atomic E-state index is -0.234. The molecule has 3 N–H and O–H groups in total. The van der Waals surface area contributed by atoms with Gasteiger partial charge in [-0.2, -0.15) is 0 Å². The number of hydrogen-bond acceptors (Lipinski definition) is 4. The van der Waals surface area contributed by atoms with Crippen LogP contribution in [-0.4, -0.2) is 41.0 Å². The molecule has 6 heteroatoms. The lowest BCUT2D eigenvalue weighted by Gasteiger charge is -2.34. The Morgan fingerprint density at radius 2 is 1.76 bits per heavy atom. The monoisotopic (exact) mass is 395 g/mol. The SMILES string of the molecule is Cc1ccc(CNC(=O)[C@H](C)N2CCC(C(=O)Nc3ccccc3O)CC2)cc1. The van der Waals surface area contributed by atoms with Gasteiger partial charge in [-0.25, -0.2) is 0 Å².